The molecule has 1 atom stereocenters. The number of nitrogens with zero attached hydrogens (tertiary/aromatic N) is 4. The summed E-state index contributed by atoms with van der Waals surface area (Å²) in [4.78, 5) is 12.7. The van der Waals surface area contributed by atoms with Crippen LogP contribution in [0.3, 0.4) is 0 Å². The van der Waals surface area contributed by atoms with Crippen molar-refractivity contribution in [3.63, 3.8) is 0 Å². The molecule has 134 valence electrons. The van der Waals surface area contributed by atoms with Crippen LogP contribution in [0, 0.1) is 0 Å². The third-order valence-electron chi connectivity index (χ3n) is 4.14. The van der Waals surface area contributed by atoms with E-state index in [1.165, 1.54) is 11.0 Å². The average molecular weight is 351 g/mol. The molecule has 1 unspecified atom stereocenters. The first-order valence-corrected chi connectivity index (χ1v) is 8.44. The van der Waals surface area contributed by atoms with Crippen LogP contribution >= 0.6 is 0 Å². The molecule has 0 saturated heterocycles. The van der Waals surface area contributed by atoms with Gasteiger partial charge in [0.1, 0.15) is 18.1 Å². The molecule has 0 radical (unpaired) electrons. The maximum atomic E-state index is 12.7. The lowest BCUT2D eigenvalue weighted by atomic mass is 10.1. The quantitative estimate of drug-likeness (QED) is 0.669. The maximum Gasteiger partial charge on any atom is 0.245 e. The molecule has 0 aliphatic carbocycles. The summed E-state index contributed by atoms with van der Waals surface area (Å²) in [6, 6.07) is 17.1. The van der Waals surface area contributed by atoms with Crippen molar-refractivity contribution in [3.8, 4) is 5.75 Å². The van der Waals surface area contributed by atoms with Crippen molar-refractivity contribution in [3.05, 3.63) is 72.1 Å². The Morgan fingerprint density at radius 1 is 1.15 bits per heavy atom. The molecular weight excluding hydrogens is 330 g/mol. The zero-order chi connectivity index (χ0) is 18.2. The highest BCUT2D eigenvalue weighted by atomic mass is 16.5. The molecule has 3 rings (SSSR count). The van der Waals surface area contributed by atoms with E-state index in [0.29, 0.717) is 19.4 Å². The Hall–Kier alpha value is -3.22. The maximum absolute atomic E-state index is 12.7. The van der Waals surface area contributed by atoms with Gasteiger partial charge in [-0.1, -0.05) is 48.5 Å². The minimum atomic E-state index is -0.495. The van der Waals surface area contributed by atoms with E-state index >= 15 is 0 Å². The zero-order valence-electron chi connectivity index (χ0n) is 14.6. The van der Waals surface area contributed by atoms with Gasteiger partial charge in [0.25, 0.3) is 0 Å². The molecule has 1 amide bonds. The van der Waals surface area contributed by atoms with Crippen LogP contribution in [0.15, 0.2) is 60.9 Å². The highest BCUT2D eigenvalue weighted by Crippen LogP contribution is 2.17. The standard InChI is InChI=1S/C19H21N5O2/c1-26-18-10-6-5-9-16(18)11-12-20-19(25)17(24-14-21-22-23-24)13-15-7-3-2-4-8-15/h2-10,14,17H,11-13H2,1H3,(H,20,25). The summed E-state index contributed by atoms with van der Waals surface area (Å²) >= 11 is 0. The number of aromatic nitrogens is 4. The van der Waals surface area contributed by atoms with Gasteiger partial charge in [0, 0.05) is 13.0 Å². The van der Waals surface area contributed by atoms with Crippen molar-refractivity contribution in [1.82, 2.24) is 25.5 Å². The lowest BCUT2D eigenvalue weighted by Gasteiger charge is -2.17. The minimum Gasteiger partial charge on any atom is -0.496 e. The number of benzene rings is 2. The Bertz CT molecular complexity index is 821. The molecule has 0 saturated carbocycles. The molecule has 3 aromatic rings. The first kappa shape index (κ1) is 17.6. The van der Waals surface area contributed by atoms with E-state index < -0.39 is 6.04 Å². The first-order chi connectivity index (χ1) is 12.8. The highest BCUT2D eigenvalue weighted by molar-refractivity contribution is 5.80. The molecule has 26 heavy (non-hydrogen) atoms. The molecule has 0 fully saturated rings. The number of nitrogens with one attached hydrogen (secondary N) is 1. The molecule has 2 aromatic carbocycles. The van der Waals surface area contributed by atoms with Crippen LogP contribution in [-0.4, -0.2) is 39.8 Å². The lowest BCUT2D eigenvalue weighted by molar-refractivity contribution is -0.124. The van der Waals surface area contributed by atoms with Crippen molar-refractivity contribution in [2.75, 3.05) is 13.7 Å². The van der Waals surface area contributed by atoms with Crippen LogP contribution in [0.5, 0.6) is 5.75 Å². The molecule has 7 nitrogen and oxygen atoms in total. The van der Waals surface area contributed by atoms with Crippen LogP contribution in [-0.2, 0) is 17.6 Å². The Labute approximate surface area is 152 Å². The number of ether oxygens (including phenoxy) is 1. The van der Waals surface area contributed by atoms with Gasteiger partial charge in [0.2, 0.25) is 5.91 Å². The zero-order valence-corrected chi connectivity index (χ0v) is 14.6. The normalized spacial score (nSPS) is 11.7. The van der Waals surface area contributed by atoms with E-state index in [9.17, 15) is 4.79 Å². The number of carbonyl (C=O) groups is 1. The van der Waals surface area contributed by atoms with Crippen molar-refractivity contribution >= 4 is 5.91 Å². The second kappa shape index (κ2) is 8.75. The Morgan fingerprint density at radius 3 is 2.65 bits per heavy atom. The fourth-order valence-electron chi connectivity index (χ4n) is 2.80. The number of hydrogen-bond acceptors (Lipinski definition) is 5. The molecule has 1 heterocycles. The second-order valence-electron chi connectivity index (χ2n) is 5.85. The molecule has 7 heteroatoms. The van der Waals surface area contributed by atoms with E-state index in [-0.39, 0.29) is 5.91 Å². The summed E-state index contributed by atoms with van der Waals surface area (Å²) in [6.45, 7) is 0.507. The number of methoxy groups -OCH3 is 1. The van der Waals surface area contributed by atoms with Crippen molar-refractivity contribution in [2.24, 2.45) is 0 Å². The average Bonchev–Trinajstić information content (AvgIpc) is 3.21. The van der Waals surface area contributed by atoms with Crippen LogP contribution in [0.25, 0.3) is 0 Å². The molecule has 0 spiro atoms. The predicted octanol–water partition coefficient (Wildman–Crippen LogP) is 1.82. The number of rotatable bonds is 8. The number of tetrazole rings is 1. The SMILES string of the molecule is COc1ccccc1CCNC(=O)C(Cc1ccccc1)n1cnnn1. The molecule has 0 aliphatic heterocycles. The van der Waals surface area contributed by atoms with Gasteiger partial charge < -0.3 is 10.1 Å². The van der Waals surface area contributed by atoms with Crippen molar-refractivity contribution in [2.45, 2.75) is 18.9 Å². The van der Waals surface area contributed by atoms with Gasteiger partial charge in [-0.25, -0.2) is 4.68 Å². The minimum absolute atomic E-state index is 0.115. The molecular formula is C19H21N5O2. The Balaban J connectivity index is 1.64. The molecule has 1 N–H and O–H groups in total. The van der Waals surface area contributed by atoms with Gasteiger partial charge in [-0.3, -0.25) is 4.79 Å². The van der Waals surface area contributed by atoms with Gasteiger partial charge in [0.05, 0.1) is 7.11 Å². The van der Waals surface area contributed by atoms with Gasteiger partial charge in [-0.05, 0) is 34.0 Å². The van der Waals surface area contributed by atoms with E-state index in [0.717, 1.165) is 16.9 Å². The summed E-state index contributed by atoms with van der Waals surface area (Å²) in [5.74, 6) is 0.708. The predicted molar refractivity (Wildman–Crippen MR) is 96.7 cm³/mol. The van der Waals surface area contributed by atoms with E-state index in [4.69, 9.17) is 4.74 Å². The summed E-state index contributed by atoms with van der Waals surface area (Å²) < 4.78 is 6.84. The van der Waals surface area contributed by atoms with Gasteiger partial charge >= 0.3 is 0 Å². The summed E-state index contributed by atoms with van der Waals surface area (Å²) in [5, 5.41) is 14.2. The number of hydrogen-bond donors (Lipinski definition) is 1. The lowest BCUT2D eigenvalue weighted by Crippen LogP contribution is -2.35. The van der Waals surface area contributed by atoms with Crippen LogP contribution in [0.1, 0.15) is 17.2 Å². The smallest absolute Gasteiger partial charge is 0.245 e. The van der Waals surface area contributed by atoms with Gasteiger partial charge in [-0.2, -0.15) is 0 Å². The van der Waals surface area contributed by atoms with Crippen molar-refractivity contribution < 1.29 is 9.53 Å². The van der Waals surface area contributed by atoms with Gasteiger partial charge in [0.15, 0.2) is 0 Å². The number of para-hydroxylation sites is 1. The molecule has 1 aromatic heterocycles. The third-order valence-corrected chi connectivity index (χ3v) is 4.14. The molecule has 0 bridgehead atoms. The fourth-order valence-corrected chi connectivity index (χ4v) is 2.80. The third kappa shape index (κ3) is 4.44. The number of carbonyl (C=O) groups excluding carboxylic acids is 1. The largest absolute Gasteiger partial charge is 0.496 e. The van der Waals surface area contributed by atoms with Gasteiger partial charge in [-0.15, -0.1) is 5.10 Å². The topological polar surface area (TPSA) is 81.9 Å². The fraction of sp³-hybridized carbons (Fsp3) is 0.263. The van der Waals surface area contributed by atoms with Crippen LogP contribution in [0.4, 0.5) is 0 Å². The van der Waals surface area contributed by atoms with E-state index in [2.05, 4.69) is 20.8 Å². The van der Waals surface area contributed by atoms with Crippen molar-refractivity contribution in [1.29, 1.82) is 0 Å². The summed E-state index contributed by atoms with van der Waals surface area (Å²) in [5.41, 5.74) is 2.10. The number of amides is 1. The summed E-state index contributed by atoms with van der Waals surface area (Å²) in [6.07, 6.45) is 2.67. The Kier molecular flexibility index (Phi) is 5.92. The monoisotopic (exact) mass is 351 g/mol. The highest BCUT2D eigenvalue weighted by Gasteiger charge is 2.22. The first-order valence-electron chi connectivity index (χ1n) is 8.44. The van der Waals surface area contributed by atoms with Crippen LogP contribution < -0.4 is 10.1 Å². The van der Waals surface area contributed by atoms with E-state index in [1.807, 2.05) is 54.6 Å². The van der Waals surface area contributed by atoms with E-state index in [1.54, 1.807) is 7.11 Å². The Morgan fingerprint density at radius 2 is 1.92 bits per heavy atom. The molecule has 0 aliphatic rings. The summed E-state index contributed by atoms with van der Waals surface area (Å²) in [7, 11) is 1.64. The van der Waals surface area contributed by atoms with Crippen LogP contribution in [0.2, 0.25) is 0 Å². The second-order valence-corrected chi connectivity index (χ2v) is 5.85.